The summed E-state index contributed by atoms with van der Waals surface area (Å²) in [5.41, 5.74) is 6.01. The predicted molar refractivity (Wildman–Crippen MR) is 96.6 cm³/mol. The van der Waals surface area contributed by atoms with Gasteiger partial charge in [0.2, 0.25) is 0 Å². The lowest BCUT2D eigenvalue weighted by Gasteiger charge is -2.29. The molecule has 2 rings (SSSR count). The fourth-order valence-electron chi connectivity index (χ4n) is 2.53. The molecule has 5 nitrogen and oxygen atoms in total. The Labute approximate surface area is 148 Å². The Kier molecular flexibility index (Phi) is 11.0. The Morgan fingerprint density at radius 3 is 2.73 bits per heavy atom. The molecule has 0 aromatic carbocycles. The SMILES string of the molecule is CC(CN1CCCCC1)NC(=O)c1csc(CCN)n1.Cl.Cl. The highest BCUT2D eigenvalue weighted by atomic mass is 35.5. The van der Waals surface area contributed by atoms with Crippen LogP contribution in [-0.4, -0.2) is 48.0 Å². The fraction of sp³-hybridized carbons (Fsp3) is 0.714. The van der Waals surface area contributed by atoms with Gasteiger partial charge in [-0.05, 0) is 39.4 Å². The average Bonchev–Trinajstić information content (AvgIpc) is 2.89. The van der Waals surface area contributed by atoms with Crippen LogP contribution in [0.5, 0.6) is 0 Å². The molecule has 1 fully saturated rings. The van der Waals surface area contributed by atoms with Crippen LogP contribution < -0.4 is 11.1 Å². The van der Waals surface area contributed by atoms with Crippen molar-refractivity contribution in [2.45, 2.75) is 38.6 Å². The van der Waals surface area contributed by atoms with Gasteiger partial charge in [-0.3, -0.25) is 4.79 Å². The van der Waals surface area contributed by atoms with Gasteiger partial charge in [0.25, 0.3) is 5.91 Å². The first-order valence-corrected chi connectivity index (χ1v) is 8.24. The predicted octanol–water partition coefficient (Wildman–Crippen LogP) is 2.09. The van der Waals surface area contributed by atoms with Gasteiger partial charge in [-0.15, -0.1) is 36.2 Å². The molecule has 0 saturated carbocycles. The third-order valence-electron chi connectivity index (χ3n) is 3.50. The Morgan fingerprint density at radius 1 is 1.41 bits per heavy atom. The van der Waals surface area contributed by atoms with E-state index in [0.717, 1.165) is 31.1 Å². The van der Waals surface area contributed by atoms with E-state index in [1.54, 1.807) is 0 Å². The van der Waals surface area contributed by atoms with Crippen LogP contribution in [0.1, 0.15) is 41.7 Å². The summed E-state index contributed by atoms with van der Waals surface area (Å²) in [5, 5.41) is 5.78. The van der Waals surface area contributed by atoms with Crippen molar-refractivity contribution < 1.29 is 4.79 Å². The summed E-state index contributed by atoms with van der Waals surface area (Å²) in [4.78, 5) is 18.8. The summed E-state index contributed by atoms with van der Waals surface area (Å²) in [7, 11) is 0. The van der Waals surface area contributed by atoms with Crippen LogP contribution >= 0.6 is 36.2 Å². The molecular formula is C14H26Cl2N4OS. The molecule has 1 atom stereocenters. The van der Waals surface area contributed by atoms with E-state index in [1.807, 2.05) is 5.38 Å². The first kappa shape index (κ1) is 21.6. The van der Waals surface area contributed by atoms with Gasteiger partial charge in [-0.2, -0.15) is 0 Å². The summed E-state index contributed by atoms with van der Waals surface area (Å²) in [6, 6.07) is 0.153. The summed E-state index contributed by atoms with van der Waals surface area (Å²) in [6.07, 6.45) is 4.62. The quantitative estimate of drug-likeness (QED) is 0.806. The molecular weight excluding hydrogens is 343 g/mol. The van der Waals surface area contributed by atoms with Crippen molar-refractivity contribution in [2.24, 2.45) is 5.73 Å². The molecule has 1 aliphatic rings. The average molecular weight is 369 g/mol. The fourth-order valence-corrected chi connectivity index (χ4v) is 3.32. The monoisotopic (exact) mass is 368 g/mol. The summed E-state index contributed by atoms with van der Waals surface area (Å²) < 4.78 is 0. The number of nitrogens with zero attached hydrogens (tertiary/aromatic N) is 2. The molecule has 0 radical (unpaired) electrons. The standard InChI is InChI=1S/C14H24N4OS.2ClH/c1-11(9-18-7-3-2-4-8-18)16-14(19)12-10-20-13(17-12)5-6-15;;/h10-11H,2-9,15H2,1H3,(H,16,19);2*1H. The van der Waals surface area contributed by atoms with Gasteiger partial charge < -0.3 is 16.0 Å². The van der Waals surface area contributed by atoms with Crippen LogP contribution in [0.15, 0.2) is 5.38 Å². The first-order valence-electron chi connectivity index (χ1n) is 7.36. The maximum Gasteiger partial charge on any atom is 0.271 e. The van der Waals surface area contributed by atoms with E-state index in [9.17, 15) is 4.79 Å². The molecule has 0 bridgehead atoms. The van der Waals surface area contributed by atoms with Crippen molar-refractivity contribution in [1.82, 2.24) is 15.2 Å². The topological polar surface area (TPSA) is 71.2 Å². The van der Waals surface area contributed by atoms with Gasteiger partial charge in [0.05, 0.1) is 5.01 Å². The van der Waals surface area contributed by atoms with Crippen molar-refractivity contribution in [3.8, 4) is 0 Å². The molecule has 3 N–H and O–H groups in total. The van der Waals surface area contributed by atoms with Gasteiger partial charge in [0, 0.05) is 24.4 Å². The van der Waals surface area contributed by atoms with E-state index >= 15 is 0 Å². The molecule has 128 valence electrons. The highest BCUT2D eigenvalue weighted by Gasteiger charge is 2.17. The Morgan fingerprint density at radius 2 is 2.09 bits per heavy atom. The lowest BCUT2D eigenvalue weighted by molar-refractivity contribution is 0.0921. The van der Waals surface area contributed by atoms with Gasteiger partial charge in [0.15, 0.2) is 0 Å². The first-order chi connectivity index (χ1) is 9.69. The molecule has 2 heterocycles. The normalized spacial score (nSPS) is 16.3. The molecule has 1 unspecified atom stereocenters. The van der Waals surface area contributed by atoms with Crippen molar-refractivity contribution in [3.63, 3.8) is 0 Å². The maximum atomic E-state index is 12.1. The number of likely N-dealkylation sites (tertiary alicyclic amines) is 1. The van der Waals surface area contributed by atoms with E-state index in [-0.39, 0.29) is 36.8 Å². The molecule has 8 heteroatoms. The number of hydrogen-bond acceptors (Lipinski definition) is 5. The van der Waals surface area contributed by atoms with Crippen molar-refractivity contribution >= 4 is 42.1 Å². The molecule has 1 aromatic rings. The minimum atomic E-state index is -0.0750. The van der Waals surface area contributed by atoms with Gasteiger partial charge in [-0.1, -0.05) is 6.42 Å². The van der Waals surface area contributed by atoms with Crippen molar-refractivity contribution in [3.05, 3.63) is 16.1 Å². The van der Waals surface area contributed by atoms with E-state index in [0.29, 0.717) is 12.2 Å². The maximum absolute atomic E-state index is 12.1. The zero-order valence-electron chi connectivity index (χ0n) is 12.9. The lowest BCUT2D eigenvalue weighted by atomic mass is 10.1. The second-order valence-electron chi connectivity index (χ2n) is 5.40. The van der Waals surface area contributed by atoms with E-state index < -0.39 is 0 Å². The van der Waals surface area contributed by atoms with Crippen LogP contribution in [-0.2, 0) is 6.42 Å². The summed E-state index contributed by atoms with van der Waals surface area (Å²) >= 11 is 1.50. The highest BCUT2D eigenvalue weighted by Crippen LogP contribution is 2.11. The Hall–Kier alpha value is -0.400. The van der Waals surface area contributed by atoms with Gasteiger partial charge in [0.1, 0.15) is 5.69 Å². The number of carbonyl (C=O) groups is 1. The van der Waals surface area contributed by atoms with Gasteiger partial charge >= 0.3 is 0 Å². The van der Waals surface area contributed by atoms with E-state index in [1.165, 1.54) is 30.6 Å². The summed E-state index contributed by atoms with van der Waals surface area (Å²) in [5.74, 6) is -0.0750. The van der Waals surface area contributed by atoms with Crippen LogP contribution in [0, 0.1) is 0 Å². The zero-order valence-corrected chi connectivity index (χ0v) is 15.4. The number of rotatable bonds is 6. The molecule has 1 aliphatic heterocycles. The number of nitrogens with two attached hydrogens (primary N) is 1. The molecule has 1 saturated heterocycles. The van der Waals surface area contributed by atoms with Crippen LogP contribution in [0.3, 0.4) is 0 Å². The van der Waals surface area contributed by atoms with Crippen molar-refractivity contribution in [1.29, 1.82) is 0 Å². The third-order valence-corrected chi connectivity index (χ3v) is 4.41. The number of thiazole rings is 1. The molecule has 0 spiro atoms. The smallest absolute Gasteiger partial charge is 0.271 e. The lowest BCUT2D eigenvalue weighted by Crippen LogP contribution is -2.43. The second-order valence-corrected chi connectivity index (χ2v) is 6.34. The minimum absolute atomic E-state index is 0. The Balaban J connectivity index is 0.00000220. The molecule has 1 amide bonds. The van der Waals surface area contributed by atoms with Gasteiger partial charge in [-0.25, -0.2) is 4.98 Å². The number of aromatic nitrogens is 1. The minimum Gasteiger partial charge on any atom is -0.347 e. The van der Waals surface area contributed by atoms with E-state index in [4.69, 9.17) is 5.73 Å². The third kappa shape index (κ3) is 6.79. The largest absolute Gasteiger partial charge is 0.347 e. The van der Waals surface area contributed by atoms with E-state index in [2.05, 4.69) is 22.1 Å². The number of nitrogens with one attached hydrogen (secondary N) is 1. The van der Waals surface area contributed by atoms with Crippen LogP contribution in [0.4, 0.5) is 0 Å². The van der Waals surface area contributed by atoms with Crippen LogP contribution in [0.2, 0.25) is 0 Å². The number of amides is 1. The molecule has 0 aliphatic carbocycles. The second kappa shape index (κ2) is 11.2. The van der Waals surface area contributed by atoms with Crippen LogP contribution in [0.25, 0.3) is 0 Å². The molecule has 1 aromatic heterocycles. The number of piperidine rings is 1. The number of carbonyl (C=O) groups excluding carboxylic acids is 1. The summed E-state index contributed by atoms with van der Waals surface area (Å²) in [6.45, 7) is 5.85. The molecule has 22 heavy (non-hydrogen) atoms. The Bertz CT molecular complexity index is 438. The highest BCUT2D eigenvalue weighted by molar-refractivity contribution is 7.09. The zero-order chi connectivity index (χ0) is 14.4. The number of hydrogen-bond donors (Lipinski definition) is 2. The van der Waals surface area contributed by atoms with Crippen molar-refractivity contribution in [2.75, 3.05) is 26.2 Å². The number of halogens is 2.